The highest BCUT2D eigenvalue weighted by Crippen LogP contribution is 2.35. The van der Waals surface area contributed by atoms with E-state index in [2.05, 4.69) is 57.7 Å². The SMILES string of the molecule is CCC(N)C(c1ccc(C)s1)N1CC=C(C(C)(C)C)CC1. The first-order valence-corrected chi connectivity index (χ1v) is 8.90. The molecule has 21 heavy (non-hydrogen) atoms. The fraction of sp³-hybridized carbons (Fsp3) is 0.667. The average Bonchev–Trinajstić information content (AvgIpc) is 2.84. The summed E-state index contributed by atoms with van der Waals surface area (Å²) in [6.45, 7) is 13.5. The number of nitrogens with zero attached hydrogens (tertiary/aromatic N) is 1. The molecule has 3 heteroatoms. The molecule has 0 saturated carbocycles. The molecule has 118 valence electrons. The van der Waals surface area contributed by atoms with Crippen LogP contribution in [0, 0.1) is 12.3 Å². The highest BCUT2D eigenvalue weighted by Gasteiger charge is 2.30. The summed E-state index contributed by atoms with van der Waals surface area (Å²) in [6.07, 6.45) is 4.62. The molecule has 2 nitrogen and oxygen atoms in total. The normalized spacial score (nSPS) is 20.2. The van der Waals surface area contributed by atoms with E-state index in [1.54, 1.807) is 5.57 Å². The molecule has 0 fully saturated rings. The highest BCUT2D eigenvalue weighted by atomic mass is 32.1. The Balaban J connectivity index is 2.19. The first-order valence-electron chi connectivity index (χ1n) is 8.08. The van der Waals surface area contributed by atoms with Crippen molar-refractivity contribution in [2.45, 2.75) is 59.5 Å². The van der Waals surface area contributed by atoms with Gasteiger partial charge in [-0.25, -0.2) is 0 Å². The zero-order valence-corrected chi connectivity index (χ0v) is 15.0. The lowest BCUT2D eigenvalue weighted by atomic mass is 9.82. The zero-order chi connectivity index (χ0) is 15.6. The van der Waals surface area contributed by atoms with Gasteiger partial charge in [0.15, 0.2) is 0 Å². The molecule has 1 aliphatic heterocycles. The second kappa shape index (κ2) is 6.64. The second-order valence-electron chi connectivity index (χ2n) is 7.19. The predicted octanol–water partition coefficient (Wildman–Crippen LogP) is 4.51. The maximum atomic E-state index is 6.45. The van der Waals surface area contributed by atoms with Crippen molar-refractivity contribution in [2.24, 2.45) is 11.1 Å². The van der Waals surface area contributed by atoms with E-state index in [1.807, 2.05) is 11.3 Å². The molecule has 1 aromatic heterocycles. The standard InChI is InChI=1S/C18H30N2S/c1-6-15(19)17(16-8-7-13(2)21-16)20-11-9-14(10-12-20)18(3,4)5/h7-9,15,17H,6,10-12,19H2,1-5H3. The summed E-state index contributed by atoms with van der Waals surface area (Å²) in [4.78, 5) is 5.37. The summed E-state index contributed by atoms with van der Waals surface area (Å²) >= 11 is 1.90. The van der Waals surface area contributed by atoms with Crippen LogP contribution in [0.1, 0.15) is 56.3 Å². The number of rotatable bonds is 4. The fourth-order valence-electron chi connectivity index (χ4n) is 3.12. The van der Waals surface area contributed by atoms with E-state index >= 15 is 0 Å². The smallest absolute Gasteiger partial charge is 0.0596 e. The van der Waals surface area contributed by atoms with Crippen molar-refractivity contribution in [3.63, 3.8) is 0 Å². The number of hydrogen-bond acceptors (Lipinski definition) is 3. The lowest BCUT2D eigenvalue weighted by Crippen LogP contribution is -2.43. The quantitative estimate of drug-likeness (QED) is 0.829. The number of hydrogen-bond donors (Lipinski definition) is 1. The molecule has 0 spiro atoms. The van der Waals surface area contributed by atoms with Gasteiger partial charge in [0.1, 0.15) is 0 Å². The molecule has 2 heterocycles. The molecular formula is C18H30N2S. The minimum Gasteiger partial charge on any atom is -0.326 e. The summed E-state index contributed by atoms with van der Waals surface area (Å²) in [5, 5.41) is 0. The first-order chi connectivity index (χ1) is 9.82. The van der Waals surface area contributed by atoms with Gasteiger partial charge in [-0.1, -0.05) is 39.3 Å². The van der Waals surface area contributed by atoms with Crippen LogP contribution in [0.2, 0.25) is 0 Å². The summed E-state index contributed by atoms with van der Waals surface area (Å²) in [6, 6.07) is 5.07. The Hall–Kier alpha value is -0.640. The molecule has 1 aromatic rings. The Morgan fingerprint density at radius 1 is 1.33 bits per heavy atom. The summed E-state index contributed by atoms with van der Waals surface area (Å²) in [5.41, 5.74) is 8.34. The van der Waals surface area contributed by atoms with Gasteiger partial charge in [-0.3, -0.25) is 4.90 Å². The Labute approximate surface area is 134 Å². The third-order valence-electron chi connectivity index (χ3n) is 4.53. The zero-order valence-electron chi connectivity index (χ0n) is 14.1. The number of aryl methyl sites for hydroxylation is 1. The van der Waals surface area contributed by atoms with Gasteiger partial charge in [0.2, 0.25) is 0 Å². The van der Waals surface area contributed by atoms with E-state index in [0.717, 1.165) is 19.5 Å². The van der Waals surface area contributed by atoms with Crippen LogP contribution < -0.4 is 5.73 Å². The largest absolute Gasteiger partial charge is 0.326 e. The monoisotopic (exact) mass is 306 g/mol. The number of nitrogens with two attached hydrogens (primary N) is 1. The highest BCUT2D eigenvalue weighted by molar-refractivity contribution is 7.12. The van der Waals surface area contributed by atoms with E-state index in [-0.39, 0.29) is 6.04 Å². The summed E-state index contributed by atoms with van der Waals surface area (Å²) in [5.74, 6) is 0. The van der Waals surface area contributed by atoms with Crippen molar-refractivity contribution in [2.75, 3.05) is 13.1 Å². The van der Waals surface area contributed by atoms with Crippen LogP contribution >= 0.6 is 11.3 Å². The third-order valence-corrected chi connectivity index (χ3v) is 5.60. The van der Waals surface area contributed by atoms with Gasteiger partial charge >= 0.3 is 0 Å². The maximum Gasteiger partial charge on any atom is 0.0596 e. The molecule has 1 aliphatic rings. The van der Waals surface area contributed by atoms with Crippen molar-refractivity contribution in [1.29, 1.82) is 0 Å². The molecule has 2 unspecified atom stereocenters. The van der Waals surface area contributed by atoms with Gasteiger partial charge in [-0.2, -0.15) is 0 Å². The van der Waals surface area contributed by atoms with Crippen molar-refractivity contribution in [3.05, 3.63) is 33.5 Å². The average molecular weight is 307 g/mol. The van der Waals surface area contributed by atoms with Gasteiger partial charge in [0.25, 0.3) is 0 Å². The van der Waals surface area contributed by atoms with Gasteiger partial charge in [-0.05, 0) is 37.3 Å². The van der Waals surface area contributed by atoms with Crippen molar-refractivity contribution >= 4 is 11.3 Å². The van der Waals surface area contributed by atoms with Gasteiger partial charge in [0.05, 0.1) is 6.04 Å². The Morgan fingerprint density at radius 3 is 2.48 bits per heavy atom. The Kier molecular flexibility index (Phi) is 5.29. The second-order valence-corrected chi connectivity index (χ2v) is 8.51. The molecule has 0 saturated heterocycles. The van der Waals surface area contributed by atoms with Gasteiger partial charge in [0, 0.05) is 28.9 Å². The van der Waals surface area contributed by atoms with Crippen LogP contribution in [0.25, 0.3) is 0 Å². The molecule has 2 atom stereocenters. The Morgan fingerprint density at radius 2 is 2.05 bits per heavy atom. The van der Waals surface area contributed by atoms with E-state index in [0.29, 0.717) is 11.5 Å². The van der Waals surface area contributed by atoms with Gasteiger partial charge < -0.3 is 5.73 Å². The van der Waals surface area contributed by atoms with Crippen LogP contribution in [-0.4, -0.2) is 24.0 Å². The molecule has 0 radical (unpaired) electrons. The van der Waals surface area contributed by atoms with Crippen molar-refractivity contribution in [1.82, 2.24) is 4.90 Å². The molecule has 2 N–H and O–H groups in total. The minimum absolute atomic E-state index is 0.215. The van der Waals surface area contributed by atoms with Crippen LogP contribution in [0.3, 0.4) is 0 Å². The number of thiophene rings is 1. The molecule has 0 amide bonds. The molecular weight excluding hydrogens is 276 g/mol. The lowest BCUT2D eigenvalue weighted by molar-refractivity contribution is 0.179. The maximum absolute atomic E-state index is 6.45. The predicted molar refractivity (Wildman–Crippen MR) is 93.8 cm³/mol. The molecule has 0 bridgehead atoms. The lowest BCUT2D eigenvalue weighted by Gasteiger charge is -2.38. The first kappa shape index (κ1) is 16.7. The molecule has 0 aliphatic carbocycles. The van der Waals surface area contributed by atoms with Crippen molar-refractivity contribution < 1.29 is 0 Å². The van der Waals surface area contributed by atoms with E-state index < -0.39 is 0 Å². The van der Waals surface area contributed by atoms with Crippen LogP contribution in [0.4, 0.5) is 0 Å². The van der Waals surface area contributed by atoms with Crippen LogP contribution in [0.5, 0.6) is 0 Å². The summed E-state index contributed by atoms with van der Waals surface area (Å²) in [7, 11) is 0. The van der Waals surface area contributed by atoms with Crippen LogP contribution in [0.15, 0.2) is 23.8 Å². The fourth-order valence-corrected chi connectivity index (χ4v) is 4.20. The van der Waals surface area contributed by atoms with Crippen molar-refractivity contribution in [3.8, 4) is 0 Å². The molecule has 0 aromatic carbocycles. The Bertz CT molecular complexity index is 496. The topological polar surface area (TPSA) is 29.3 Å². The minimum atomic E-state index is 0.215. The van der Waals surface area contributed by atoms with E-state index in [9.17, 15) is 0 Å². The van der Waals surface area contributed by atoms with Crippen LogP contribution in [-0.2, 0) is 0 Å². The third kappa shape index (κ3) is 3.97. The molecule has 2 rings (SSSR count). The van der Waals surface area contributed by atoms with Gasteiger partial charge in [-0.15, -0.1) is 11.3 Å². The van der Waals surface area contributed by atoms with E-state index in [1.165, 1.54) is 16.2 Å². The van der Waals surface area contributed by atoms with E-state index in [4.69, 9.17) is 5.73 Å². The summed E-state index contributed by atoms with van der Waals surface area (Å²) < 4.78 is 0.